The summed E-state index contributed by atoms with van der Waals surface area (Å²) >= 11 is 0. The van der Waals surface area contributed by atoms with Crippen LogP contribution in [0.15, 0.2) is 58.1 Å². The van der Waals surface area contributed by atoms with Crippen molar-refractivity contribution in [3.63, 3.8) is 0 Å². The predicted octanol–water partition coefficient (Wildman–Crippen LogP) is 1.72. The number of hydrogen-bond acceptors (Lipinski definition) is 5. The zero-order valence-electron chi connectivity index (χ0n) is 13.7. The van der Waals surface area contributed by atoms with Crippen molar-refractivity contribution in [3.8, 4) is 11.4 Å². The molecule has 0 bridgehead atoms. The van der Waals surface area contributed by atoms with Gasteiger partial charge in [-0.2, -0.15) is 0 Å². The van der Waals surface area contributed by atoms with Crippen LogP contribution in [0.3, 0.4) is 0 Å². The molecule has 26 heavy (non-hydrogen) atoms. The van der Waals surface area contributed by atoms with E-state index in [2.05, 4.69) is 15.0 Å². The van der Waals surface area contributed by atoms with Gasteiger partial charge in [0.05, 0.1) is 11.8 Å². The summed E-state index contributed by atoms with van der Waals surface area (Å²) in [7, 11) is 0. The molecule has 0 radical (unpaired) electrons. The Morgan fingerprint density at radius 1 is 1.19 bits per heavy atom. The van der Waals surface area contributed by atoms with E-state index in [9.17, 15) is 9.59 Å². The minimum atomic E-state index is -0.737. The fraction of sp³-hybridized carbons (Fsp3) is 0.111. The summed E-state index contributed by atoms with van der Waals surface area (Å²) in [4.78, 5) is 35.5. The molecule has 3 aromatic heterocycles. The maximum Gasteiger partial charge on any atom is 0.327 e. The number of nitrogens with one attached hydrogen (secondary N) is 1. The van der Waals surface area contributed by atoms with Gasteiger partial charge >= 0.3 is 5.69 Å². The number of amides is 1. The van der Waals surface area contributed by atoms with Gasteiger partial charge in [-0.25, -0.2) is 14.8 Å². The van der Waals surface area contributed by atoms with Gasteiger partial charge in [-0.3, -0.25) is 9.36 Å². The molecule has 0 aliphatic heterocycles. The van der Waals surface area contributed by atoms with Crippen molar-refractivity contribution >= 4 is 17.1 Å². The Labute approximate surface area is 147 Å². The molecule has 4 rings (SSSR count). The first-order valence-electron chi connectivity index (χ1n) is 8.00. The maximum atomic E-state index is 12.4. The van der Waals surface area contributed by atoms with E-state index < -0.39 is 5.91 Å². The van der Waals surface area contributed by atoms with Gasteiger partial charge in [-0.15, -0.1) is 0 Å². The number of primary amides is 1. The number of imidazole rings is 1. The summed E-state index contributed by atoms with van der Waals surface area (Å²) in [6, 6.07) is 11.5. The van der Waals surface area contributed by atoms with Crippen LogP contribution >= 0.6 is 0 Å². The third-order valence-corrected chi connectivity index (χ3v) is 4.10. The molecule has 0 saturated heterocycles. The second-order valence-electron chi connectivity index (χ2n) is 5.79. The second kappa shape index (κ2) is 6.32. The first kappa shape index (κ1) is 15.8. The van der Waals surface area contributed by atoms with Crippen LogP contribution in [0.1, 0.15) is 16.1 Å². The standard InChI is InChI=1S/C18H15N5O3/c19-15(24)13-14-17(22-16(20-13)12-7-9-26-10-12)23(18(25)21-14)8-6-11-4-2-1-3-5-11/h1-5,7,9-10H,6,8H2,(H2,19,24)(H,21,25). The number of fused-ring (bicyclic) bond motifs is 1. The molecule has 130 valence electrons. The van der Waals surface area contributed by atoms with Gasteiger partial charge in [0, 0.05) is 6.54 Å². The van der Waals surface area contributed by atoms with Crippen LogP contribution in [0.25, 0.3) is 22.6 Å². The molecule has 8 nitrogen and oxygen atoms in total. The Morgan fingerprint density at radius 3 is 2.69 bits per heavy atom. The Balaban J connectivity index is 1.83. The largest absolute Gasteiger partial charge is 0.472 e. The third kappa shape index (κ3) is 2.77. The van der Waals surface area contributed by atoms with E-state index in [-0.39, 0.29) is 22.7 Å². The molecule has 3 N–H and O–H groups in total. The molecule has 0 spiro atoms. The smallest absolute Gasteiger partial charge is 0.327 e. The summed E-state index contributed by atoms with van der Waals surface area (Å²) in [5.41, 5.74) is 7.32. The highest BCUT2D eigenvalue weighted by Crippen LogP contribution is 2.20. The fourth-order valence-corrected chi connectivity index (χ4v) is 2.82. The van der Waals surface area contributed by atoms with Gasteiger partial charge in [-0.05, 0) is 18.1 Å². The number of carbonyl (C=O) groups is 1. The minimum absolute atomic E-state index is 0.0261. The molecule has 1 aromatic carbocycles. The van der Waals surface area contributed by atoms with Crippen LogP contribution in [0.2, 0.25) is 0 Å². The van der Waals surface area contributed by atoms with Crippen molar-refractivity contribution < 1.29 is 9.21 Å². The minimum Gasteiger partial charge on any atom is -0.472 e. The van der Waals surface area contributed by atoms with Gasteiger partial charge in [-0.1, -0.05) is 30.3 Å². The van der Waals surface area contributed by atoms with Gasteiger partial charge in [0.15, 0.2) is 17.2 Å². The lowest BCUT2D eigenvalue weighted by molar-refractivity contribution is 0.0997. The summed E-state index contributed by atoms with van der Waals surface area (Å²) in [6.45, 7) is 0.406. The van der Waals surface area contributed by atoms with Crippen molar-refractivity contribution in [2.24, 2.45) is 5.73 Å². The fourth-order valence-electron chi connectivity index (χ4n) is 2.82. The summed E-state index contributed by atoms with van der Waals surface area (Å²) < 4.78 is 6.54. The van der Waals surface area contributed by atoms with E-state index in [4.69, 9.17) is 10.2 Å². The van der Waals surface area contributed by atoms with Crippen LogP contribution in [0, 0.1) is 0 Å². The van der Waals surface area contributed by atoms with Gasteiger partial charge in [0.2, 0.25) is 0 Å². The van der Waals surface area contributed by atoms with Crippen LogP contribution in [0.4, 0.5) is 0 Å². The number of aromatic nitrogens is 4. The quantitative estimate of drug-likeness (QED) is 0.568. The number of nitrogens with two attached hydrogens (primary N) is 1. The predicted molar refractivity (Wildman–Crippen MR) is 94.5 cm³/mol. The second-order valence-corrected chi connectivity index (χ2v) is 5.79. The number of aryl methyl sites for hydroxylation is 2. The van der Waals surface area contributed by atoms with Crippen molar-refractivity contribution in [1.29, 1.82) is 0 Å². The molecule has 0 aliphatic carbocycles. The summed E-state index contributed by atoms with van der Waals surface area (Å²) in [5.74, 6) is -0.467. The van der Waals surface area contributed by atoms with Crippen molar-refractivity contribution in [3.05, 3.63) is 70.7 Å². The average molecular weight is 349 g/mol. The highest BCUT2D eigenvalue weighted by molar-refractivity contribution is 6.01. The zero-order chi connectivity index (χ0) is 18.1. The van der Waals surface area contributed by atoms with Gasteiger partial charge in [0.1, 0.15) is 11.8 Å². The maximum absolute atomic E-state index is 12.4. The monoisotopic (exact) mass is 349 g/mol. The summed E-state index contributed by atoms with van der Waals surface area (Å²) in [6.07, 6.45) is 3.59. The van der Waals surface area contributed by atoms with Crippen LogP contribution in [-0.2, 0) is 13.0 Å². The van der Waals surface area contributed by atoms with Crippen molar-refractivity contribution in [2.75, 3.05) is 0 Å². The molecule has 0 fully saturated rings. The molecule has 0 saturated carbocycles. The lowest BCUT2D eigenvalue weighted by atomic mass is 10.1. The molecule has 0 atom stereocenters. The van der Waals surface area contributed by atoms with Crippen molar-refractivity contribution in [2.45, 2.75) is 13.0 Å². The van der Waals surface area contributed by atoms with E-state index in [1.807, 2.05) is 30.3 Å². The lowest BCUT2D eigenvalue weighted by Crippen LogP contribution is -2.18. The van der Waals surface area contributed by atoms with Crippen molar-refractivity contribution in [1.82, 2.24) is 19.5 Å². The number of benzene rings is 1. The van der Waals surface area contributed by atoms with E-state index in [0.717, 1.165) is 5.56 Å². The number of furan rings is 1. The number of H-pyrrole nitrogens is 1. The normalized spacial score (nSPS) is 11.1. The topological polar surface area (TPSA) is 120 Å². The number of hydrogen-bond donors (Lipinski definition) is 2. The first-order valence-corrected chi connectivity index (χ1v) is 8.00. The molecule has 0 aliphatic rings. The van der Waals surface area contributed by atoms with Crippen LogP contribution < -0.4 is 11.4 Å². The molecule has 0 unspecified atom stereocenters. The highest BCUT2D eigenvalue weighted by Gasteiger charge is 2.19. The van der Waals surface area contributed by atoms with Gasteiger partial charge in [0.25, 0.3) is 5.91 Å². The Morgan fingerprint density at radius 2 is 2.00 bits per heavy atom. The van der Waals surface area contributed by atoms with E-state index in [0.29, 0.717) is 24.2 Å². The molecule has 8 heteroatoms. The molecular formula is C18H15N5O3. The molecule has 3 heterocycles. The summed E-state index contributed by atoms with van der Waals surface area (Å²) in [5, 5.41) is 0. The molecule has 1 amide bonds. The Kier molecular flexibility index (Phi) is 3.85. The van der Waals surface area contributed by atoms with Gasteiger partial charge < -0.3 is 15.1 Å². The highest BCUT2D eigenvalue weighted by atomic mass is 16.3. The number of nitrogens with zero attached hydrogens (tertiary/aromatic N) is 3. The first-order chi connectivity index (χ1) is 12.6. The number of rotatable bonds is 5. The van der Waals surface area contributed by atoms with E-state index in [1.165, 1.54) is 17.1 Å². The zero-order valence-corrected chi connectivity index (χ0v) is 13.7. The molecular weight excluding hydrogens is 334 g/mol. The SMILES string of the molecule is NC(=O)c1nc(-c2ccoc2)nc2c1[nH]c(=O)n2CCc1ccccc1. The van der Waals surface area contributed by atoms with Crippen LogP contribution in [-0.4, -0.2) is 25.4 Å². The number of aromatic amines is 1. The average Bonchev–Trinajstić information content (AvgIpc) is 3.27. The Hall–Kier alpha value is -3.68. The molecule has 4 aromatic rings. The lowest BCUT2D eigenvalue weighted by Gasteiger charge is -2.05. The van der Waals surface area contributed by atoms with Crippen LogP contribution in [0.5, 0.6) is 0 Å². The third-order valence-electron chi connectivity index (χ3n) is 4.10. The Bertz CT molecular complexity index is 1130. The van der Waals surface area contributed by atoms with E-state index >= 15 is 0 Å². The number of carbonyl (C=O) groups excluding carboxylic acids is 1. The van der Waals surface area contributed by atoms with E-state index in [1.54, 1.807) is 6.07 Å².